The zero-order chi connectivity index (χ0) is 7.83. The average molecular weight is 170 g/mol. The summed E-state index contributed by atoms with van der Waals surface area (Å²) in [5.41, 5.74) is 0. The van der Waals surface area contributed by atoms with Crippen LogP contribution in [0.2, 0.25) is 0 Å². The first-order valence-corrected chi connectivity index (χ1v) is 4.71. The molecule has 0 amide bonds. The highest BCUT2D eigenvalue weighted by atomic mass is 32.2. The predicted molar refractivity (Wildman–Crippen MR) is 32.6 cm³/mol. The van der Waals surface area contributed by atoms with E-state index >= 15 is 0 Å². The van der Waals surface area contributed by atoms with E-state index in [1.807, 2.05) is 0 Å². The van der Waals surface area contributed by atoms with Gasteiger partial charge in [-0.25, -0.2) is 8.42 Å². The van der Waals surface area contributed by atoms with Gasteiger partial charge >= 0.3 is 5.25 Å². The zero-order valence-electron chi connectivity index (χ0n) is 5.31. The Morgan fingerprint density at radius 2 is 1.80 bits per heavy atom. The third kappa shape index (κ3) is 1.14. The summed E-state index contributed by atoms with van der Waals surface area (Å²) in [6, 6.07) is 0. The van der Waals surface area contributed by atoms with Gasteiger partial charge in [0.1, 0.15) is 0 Å². The maximum absolute atomic E-state index is 12.4. The molecule has 2 nitrogen and oxygen atoms in total. The molecule has 60 valence electrons. The minimum atomic E-state index is -4.09. The Balaban J connectivity index is 2.92. The van der Waals surface area contributed by atoms with E-state index in [4.69, 9.17) is 0 Å². The van der Waals surface area contributed by atoms with E-state index < -0.39 is 21.5 Å². The molecule has 0 radical (unpaired) electrons. The molecule has 0 aromatic rings. The second-order valence-corrected chi connectivity index (χ2v) is 4.65. The molecule has 1 aliphatic heterocycles. The molecule has 0 aromatic heterocycles. The molecule has 1 fully saturated rings. The molecule has 10 heavy (non-hydrogen) atoms. The van der Waals surface area contributed by atoms with Crippen molar-refractivity contribution in [3.8, 4) is 0 Å². The van der Waals surface area contributed by atoms with E-state index in [1.165, 1.54) is 0 Å². The zero-order valence-corrected chi connectivity index (χ0v) is 6.13. The molecular formula is C5H8F2O2S. The van der Waals surface area contributed by atoms with Gasteiger partial charge in [-0.1, -0.05) is 0 Å². The van der Waals surface area contributed by atoms with Crippen molar-refractivity contribution in [2.75, 3.05) is 5.75 Å². The van der Waals surface area contributed by atoms with Gasteiger partial charge < -0.3 is 0 Å². The van der Waals surface area contributed by atoms with E-state index in [0.717, 1.165) is 0 Å². The molecule has 1 saturated heterocycles. The molecule has 5 heteroatoms. The van der Waals surface area contributed by atoms with E-state index in [2.05, 4.69) is 0 Å². The average Bonchev–Trinajstić information content (AvgIpc) is 1.77. The van der Waals surface area contributed by atoms with Gasteiger partial charge in [-0.05, 0) is 12.8 Å². The second-order valence-electron chi connectivity index (χ2n) is 2.41. The molecule has 0 aliphatic carbocycles. The summed E-state index contributed by atoms with van der Waals surface area (Å²) in [6.45, 7) is 0. The SMILES string of the molecule is O=S1(=O)CCCCC1(F)F. The van der Waals surface area contributed by atoms with Crippen molar-refractivity contribution < 1.29 is 17.2 Å². The lowest BCUT2D eigenvalue weighted by Crippen LogP contribution is -2.34. The van der Waals surface area contributed by atoms with Crippen LogP contribution in [-0.4, -0.2) is 19.4 Å². The van der Waals surface area contributed by atoms with Crippen molar-refractivity contribution >= 4 is 9.84 Å². The standard InChI is InChI=1S/C5H8F2O2S/c6-5(7)3-1-2-4-10(5,8)9/h1-4H2. The van der Waals surface area contributed by atoms with Gasteiger partial charge in [0.05, 0.1) is 5.75 Å². The number of alkyl halides is 2. The molecule has 0 atom stereocenters. The van der Waals surface area contributed by atoms with Crippen molar-refractivity contribution in [2.45, 2.75) is 24.5 Å². The first-order chi connectivity index (χ1) is 4.46. The molecule has 0 spiro atoms. The predicted octanol–water partition coefficient (Wildman–Crippen LogP) is 1.18. The Morgan fingerprint density at radius 1 is 1.20 bits per heavy atom. The molecule has 1 rings (SSSR count). The lowest BCUT2D eigenvalue weighted by atomic mass is 10.2. The fourth-order valence-electron chi connectivity index (χ4n) is 0.928. The van der Waals surface area contributed by atoms with Crippen LogP contribution in [0.4, 0.5) is 8.78 Å². The number of rotatable bonds is 0. The Kier molecular flexibility index (Phi) is 1.70. The third-order valence-corrected chi connectivity index (χ3v) is 3.53. The number of hydrogen-bond donors (Lipinski definition) is 0. The van der Waals surface area contributed by atoms with E-state index in [-0.39, 0.29) is 5.75 Å². The van der Waals surface area contributed by atoms with Gasteiger partial charge in [0, 0.05) is 6.42 Å². The molecule has 0 bridgehead atoms. The van der Waals surface area contributed by atoms with Crippen LogP contribution in [0.1, 0.15) is 19.3 Å². The van der Waals surface area contributed by atoms with E-state index in [0.29, 0.717) is 12.8 Å². The third-order valence-electron chi connectivity index (χ3n) is 1.59. The summed E-state index contributed by atoms with van der Waals surface area (Å²) in [5.74, 6) is -0.361. The van der Waals surface area contributed by atoms with Gasteiger partial charge in [-0.15, -0.1) is 0 Å². The fraction of sp³-hybridized carbons (Fsp3) is 1.00. The maximum Gasteiger partial charge on any atom is 0.345 e. The summed E-state index contributed by atoms with van der Waals surface area (Å²) in [5, 5.41) is -3.45. The van der Waals surface area contributed by atoms with Crippen molar-refractivity contribution in [1.82, 2.24) is 0 Å². The van der Waals surface area contributed by atoms with Crippen LogP contribution in [0.3, 0.4) is 0 Å². The van der Waals surface area contributed by atoms with Gasteiger partial charge in [-0.3, -0.25) is 0 Å². The molecule has 0 aromatic carbocycles. The van der Waals surface area contributed by atoms with Gasteiger partial charge in [0.2, 0.25) is 9.84 Å². The van der Waals surface area contributed by atoms with Gasteiger partial charge in [0.25, 0.3) is 0 Å². The van der Waals surface area contributed by atoms with Crippen molar-refractivity contribution in [3.63, 3.8) is 0 Å². The minimum Gasteiger partial charge on any atom is -0.223 e. The molecular weight excluding hydrogens is 162 g/mol. The smallest absolute Gasteiger partial charge is 0.223 e. The molecule has 0 saturated carbocycles. The van der Waals surface area contributed by atoms with Crippen LogP contribution in [0.5, 0.6) is 0 Å². The van der Waals surface area contributed by atoms with Gasteiger partial charge in [-0.2, -0.15) is 8.78 Å². The van der Waals surface area contributed by atoms with Crippen LogP contribution in [0.25, 0.3) is 0 Å². The van der Waals surface area contributed by atoms with Crippen molar-refractivity contribution in [2.24, 2.45) is 0 Å². The molecule has 1 heterocycles. The van der Waals surface area contributed by atoms with Crippen LogP contribution in [0, 0.1) is 0 Å². The summed E-state index contributed by atoms with van der Waals surface area (Å²) in [4.78, 5) is 0. The Bertz CT molecular complexity index is 220. The Labute approximate surface area is 58.1 Å². The van der Waals surface area contributed by atoms with E-state index in [9.17, 15) is 17.2 Å². The highest BCUT2D eigenvalue weighted by Crippen LogP contribution is 2.33. The highest BCUT2D eigenvalue weighted by Gasteiger charge is 2.46. The van der Waals surface area contributed by atoms with Crippen LogP contribution < -0.4 is 0 Å². The van der Waals surface area contributed by atoms with Crippen LogP contribution >= 0.6 is 0 Å². The molecule has 0 N–H and O–H groups in total. The number of hydrogen-bond acceptors (Lipinski definition) is 2. The summed E-state index contributed by atoms with van der Waals surface area (Å²) >= 11 is 0. The maximum atomic E-state index is 12.4. The number of sulfone groups is 1. The summed E-state index contributed by atoms with van der Waals surface area (Å²) < 4.78 is 45.9. The highest BCUT2D eigenvalue weighted by molar-refractivity contribution is 7.92. The Morgan fingerprint density at radius 3 is 2.10 bits per heavy atom. The minimum absolute atomic E-state index is 0.312. The molecule has 1 aliphatic rings. The summed E-state index contributed by atoms with van der Waals surface area (Å²) in [6.07, 6.45) is 0.180. The van der Waals surface area contributed by atoms with Crippen molar-refractivity contribution in [1.29, 1.82) is 0 Å². The molecule has 0 unspecified atom stereocenters. The fourth-order valence-corrected chi connectivity index (χ4v) is 2.27. The largest absolute Gasteiger partial charge is 0.345 e. The monoisotopic (exact) mass is 170 g/mol. The lowest BCUT2D eigenvalue weighted by molar-refractivity contribution is 0.0742. The van der Waals surface area contributed by atoms with E-state index in [1.54, 1.807) is 0 Å². The normalized spacial score (nSPS) is 29.8. The number of halogens is 2. The van der Waals surface area contributed by atoms with Crippen LogP contribution in [0.15, 0.2) is 0 Å². The summed E-state index contributed by atoms with van der Waals surface area (Å²) in [7, 11) is -4.09. The quantitative estimate of drug-likeness (QED) is 0.547. The Hall–Kier alpha value is -0.190. The van der Waals surface area contributed by atoms with Crippen LogP contribution in [-0.2, 0) is 9.84 Å². The van der Waals surface area contributed by atoms with Gasteiger partial charge in [0.15, 0.2) is 0 Å². The lowest BCUT2D eigenvalue weighted by Gasteiger charge is -2.20. The first-order valence-electron chi connectivity index (χ1n) is 3.06. The van der Waals surface area contributed by atoms with Crippen molar-refractivity contribution in [3.05, 3.63) is 0 Å². The first kappa shape index (κ1) is 7.91. The second kappa shape index (κ2) is 2.15. The topological polar surface area (TPSA) is 34.1 Å².